The molecule has 0 spiro atoms. The van der Waals surface area contributed by atoms with Gasteiger partial charge in [0.1, 0.15) is 11.8 Å². The molecule has 1 aliphatic heterocycles. The summed E-state index contributed by atoms with van der Waals surface area (Å²) < 4.78 is 7.05. The van der Waals surface area contributed by atoms with E-state index >= 15 is 0 Å². The number of carbonyl (C=O) groups excluding carboxylic acids is 1. The maximum Gasteiger partial charge on any atom is 0.274 e. The lowest BCUT2D eigenvalue weighted by molar-refractivity contribution is 0.0518. The number of aryl methyl sites for hydroxylation is 1. The van der Waals surface area contributed by atoms with E-state index in [0.717, 1.165) is 23.3 Å². The zero-order valence-corrected chi connectivity index (χ0v) is 15.1. The van der Waals surface area contributed by atoms with Crippen LogP contribution in [0.15, 0.2) is 29.1 Å². The summed E-state index contributed by atoms with van der Waals surface area (Å²) in [5.41, 5.74) is 0.00373. The highest BCUT2D eigenvalue weighted by molar-refractivity contribution is 5.92. The molecule has 0 aliphatic carbocycles. The van der Waals surface area contributed by atoms with Crippen molar-refractivity contribution in [1.82, 2.24) is 24.9 Å². The molecule has 0 bridgehead atoms. The highest BCUT2D eigenvalue weighted by Gasteiger charge is 2.27. The van der Waals surface area contributed by atoms with E-state index in [4.69, 9.17) is 4.74 Å². The fraction of sp³-hybridized carbons (Fsp3) is 0.471. The van der Waals surface area contributed by atoms with Crippen molar-refractivity contribution in [3.05, 3.63) is 40.3 Å². The van der Waals surface area contributed by atoms with Gasteiger partial charge in [0.25, 0.3) is 11.5 Å². The van der Waals surface area contributed by atoms with Crippen LogP contribution in [0.5, 0.6) is 5.88 Å². The molecule has 1 unspecified atom stereocenters. The number of likely N-dealkylation sites (tertiary alicyclic amines) is 1. The topological polar surface area (TPSA) is 93.5 Å². The van der Waals surface area contributed by atoms with E-state index in [1.807, 2.05) is 25.1 Å². The lowest BCUT2D eigenvalue weighted by atomic mass is 10.1. The smallest absolute Gasteiger partial charge is 0.274 e. The standard InChI is InChI=1S/C17H22N6O3/c1-21(2)14-7-8-15(19-18-14)26-12-5-4-10-23(11-12)17(25)13-6-9-16(24)22(3)20-13/h6-9,12H,4-5,10-11H2,1-3H3. The Hall–Kier alpha value is -2.97. The number of amides is 1. The van der Waals surface area contributed by atoms with E-state index in [-0.39, 0.29) is 23.3 Å². The Morgan fingerprint density at radius 2 is 2.04 bits per heavy atom. The summed E-state index contributed by atoms with van der Waals surface area (Å²) in [7, 11) is 5.31. The third-order valence-corrected chi connectivity index (χ3v) is 4.22. The van der Waals surface area contributed by atoms with E-state index in [1.54, 1.807) is 11.0 Å². The van der Waals surface area contributed by atoms with Crippen molar-refractivity contribution in [3.8, 4) is 5.88 Å². The molecule has 9 nitrogen and oxygen atoms in total. The Morgan fingerprint density at radius 3 is 2.69 bits per heavy atom. The molecule has 1 atom stereocenters. The molecule has 26 heavy (non-hydrogen) atoms. The van der Waals surface area contributed by atoms with Gasteiger partial charge in [-0.1, -0.05) is 0 Å². The van der Waals surface area contributed by atoms with Crippen molar-refractivity contribution in [2.45, 2.75) is 18.9 Å². The average molecular weight is 358 g/mol. The van der Waals surface area contributed by atoms with E-state index in [1.165, 1.54) is 19.2 Å². The van der Waals surface area contributed by atoms with Crippen LogP contribution in [0, 0.1) is 0 Å². The van der Waals surface area contributed by atoms with Crippen LogP contribution < -0.4 is 15.2 Å². The zero-order chi connectivity index (χ0) is 18.7. The summed E-state index contributed by atoms with van der Waals surface area (Å²) in [4.78, 5) is 27.6. The molecule has 3 rings (SSSR count). The SMILES string of the molecule is CN(C)c1ccc(OC2CCCN(C(=O)c3ccc(=O)n(C)n3)C2)nn1. The number of nitrogens with zero attached hydrogens (tertiary/aromatic N) is 6. The number of ether oxygens (including phenoxy) is 1. The molecular formula is C17H22N6O3. The largest absolute Gasteiger partial charge is 0.471 e. The van der Waals surface area contributed by atoms with Crippen LogP contribution in [0.3, 0.4) is 0 Å². The molecule has 0 aromatic carbocycles. The molecule has 2 aromatic rings. The first-order valence-corrected chi connectivity index (χ1v) is 8.45. The third-order valence-electron chi connectivity index (χ3n) is 4.22. The van der Waals surface area contributed by atoms with Crippen LogP contribution in [0.4, 0.5) is 5.82 Å². The van der Waals surface area contributed by atoms with Gasteiger partial charge < -0.3 is 14.5 Å². The molecule has 1 saturated heterocycles. The molecule has 9 heteroatoms. The van der Waals surface area contributed by atoms with E-state index in [2.05, 4.69) is 15.3 Å². The lowest BCUT2D eigenvalue weighted by Crippen LogP contribution is -2.45. The van der Waals surface area contributed by atoms with Gasteiger partial charge in [-0.25, -0.2) is 4.68 Å². The summed E-state index contributed by atoms with van der Waals surface area (Å²) in [6.07, 6.45) is 1.51. The van der Waals surface area contributed by atoms with E-state index in [9.17, 15) is 9.59 Å². The quantitative estimate of drug-likeness (QED) is 0.777. The van der Waals surface area contributed by atoms with Crippen molar-refractivity contribution < 1.29 is 9.53 Å². The molecule has 0 radical (unpaired) electrons. The molecule has 1 fully saturated rings. The van der Waals surface area contributed by atoms with E-state index in [0.29, 0.717) is 19.0 Å². The highest BCUT2D eigenvalue weighted by Crippen LogP contribution is 2.18. The Morgan fingerprint density at radius 1 is 1.23 bits per heavy atom. The molecule has 138 valence electrons. The van der Waals surface area contributed by atoms with Gasteiger partial charge in [-0.3, -0.25) is 9.59 Å². The Kier molecular flexibility index (Phi) is 5.15. The third kappa shape index (κ3) is 3.98. The minimum Gasteiger partial charge on any atom is -0.471 e. The number of anilines is 1. The minimum atomic E-state index is -0.249. The van der Waals surface area contributed by atoms with Gasteiger partial charge in [0.15, 0.2) is 5.82 Å². The van der Waals surface area contributed by atoms with Gasteiger partial charge in [-0.15, -0.1) is 10.2 Å². The first kappa shape index (κ1) is 17.8. The molecule has 0 saturated carbocycles. The number of aromatic nitrogens is 4. The first-order chi connectivity index (χ1) is 12.4. The van der Waals surface area contributed by atoms with Crippen molar-refractivity contribution >= 4 is 11.7 Å². The van der Waals surface area contributed by atoms with Crippen LogP contribution in [0.2, 0.25) is 0 Å². The number of rotatable bonds is 4. The van der Waals surface area contributed by atoms with E-state index < -0.39 is 0 Å². The number of piperidine rings is 1. The number of hydrogen-bond acceptors (Lipinski definition) is 7. The van der Waals surface area contributed by atoms with Crippen molar-refractivity contribution in [2.75, 3.05) is 32.1 Å². The van der Waals surface area contributed by atoms with Crippen molar-refractivity contribution in [1.29, 1.82) is 0 Å². The Bertz CT molecular complexity index is 833. The van der Waals surface area contributed by atoms with Gasteiger partial charge in [-0.2, -0.15) is 5.10 Å². The van der Waals surface area contributed by atoms with Gasteiger partial charge in [0.05, 0.1) is 6.54 Å². The second-order valence-corrected chi connectivity index (χ2v) is 6.44. The molecule has 2 aromatic heterocycles. The minimum absolute atomic E-state index is 0.153. The van der Waals surface area contributed by atoms with Gasteiger partial charge in [0.2, 0.25) is 5.88 Å². The second-order valence-electron chi connectivity index (χ2n) is 6.44. The molecular weight excluding hydrogens is 336 g/mol. The zero-order valence-electron chi connectivity index (χ0n) is 15.1. The number of hydrogen-bond donors (Lipinski definition) is 0. The van der Waals surface area contributed by atoms with Crippen LogP contribution >= 0.6 is 0 Å². The Labute approximate surface area is 151 Å². The predicted octanol–water partition coefficient (Wildman–Crippen LogP) is 0.320. The fourth-order valence-corrected chi connectivity index (χ4v) is 2.78. The molecule has 0 N–H and O–H groups in total. The van der Waals surface area contributed by atoms with Gasteiger partial charge >= 0.3 is 0 Å². The monoisotopic (exact) mass is 358 g/mol. The second kappa shape index (κ2) is 7.51. The first-order valence-electron chi connectivity index (χ1n) is 8.45. The fourth-order valence-electron chi connectivity index (χ4n) is 2.78. The summed E-state index contributed by atoms with van der Waals surface area (Å²) in [6.45, 7) is 1.08. The number of carbonyl (C=O) groups is 1. The van der Waals surface area contributed by atoms with Crippen molar-refractivity contribution in [3.63, 3.8) is 0 Å². The molecule has 1 amide bonds. The summed E-state index contributed by atoms with van der Waals surface area (Å²) in [6, 6.07) is 6.42. The summed E-state index contributed by atoms with van der Waals surface area (Å²) >= 11 is 0. The molecule has 3 heterocycles. The Balaban J connectivity index is 1.65. The van der Waals surface area contributed by atoms with Crippen LogP contribution in [-0.4, -0.2) is 64.1 Å². The van der Waals surface area contributed by atoms with Crippen LogP contribution in [0.25, 0.3) is 0 Å². The van der Waals surface area contributed by atoms with Gasteiger partial charge in [-0.05, 0) is 25.0 Å². The van der Waals surface area contributed by atoms with Crippen LogP contribution in [0.1, 0.15) is 23.3 Å². The van der Waals surface area contributed by atoms with Crippen LogP contribution in [-0.2, 0) is 7.05 Å². The van der Waals surface area contributed by atoms with Gasteiger partial charge in [0, 0.05) is 39.8 Å². The highest BCUT2D eigenvalue weighted by atomic mass is 16.5. The maximum atomic E-state index is 12.6. The average Bonchev–Trinajstić information content (AvgIpc) is 2.64. The predicted molar refractivity (Wildman–Crippen MR) is 95.4 cm³/mol. The maximum absolute atomic E-state index is 12.6. The lowest BCUT2D eigenvalue weighted by Gasteiger charge is -2.32. The normalized spacial score (nSPS) is 17.0. The summed E-state index contributed by atoms with van der Waals surface area (Å²) in [5.74, 6) is 0.983. The molecule has 1 aliphatic rings. The van der Waals surface area contributed by atoms with Crippen molar-refractivity contribution in [2.24, 2.45) is 7.05 Å². The summed E-state index contributed by atoms with van der Waals surface area (Å²) in [5, 5.41) is 12.2.